The molecule has 4 aromatic rings. The van der Waals surface area contributed by atoms with E-state index in [-0.39, 0.29) is 18.0 Å². The number of carbonyl (C=O) groups is 1. The lowest BCUT2D eigenvalue weighted by molar-refractivity contribution is 0.0790. The van der Waals surface area contributed by atoms with E-state index in [0.29, 0.717) is 29.9 Å². The predicted molar refractivity (Wildman–Crippen MR) is 157 cm³/mol. The van der Waals surface area contributed by atoms with Crippen LogP contribution >= 0.6 is 0 Å². The Morgan fingerprint density at radius 3 is 2.65 bits per heavy atom. The lowest BCUT2D eigenvalue weighted by Crippen LogP contribution is -2.34. The second kappa shape index (κ2) is 11.3. The van der Waals surface area contributed by atoms with Crippen LogP contribution in [0, 0.1) is 5.82 Å². The van der Waals surface area contributed by atoms with Gasteiger partial charge in [0.1, 0.15) is 17.2 Å². The van der Waals surface area contributed by atoms with Crippen LogP contribution in [-0.4, -0.2) is 60.1 Å². The number of likely N-dealkylation sites (tertiary alicyclic amines) is 1. The zero-order chi connectivity index (χ0) is 27.6. The molecule has 1 amide bonds. The number of fused-ring (bicyclic) bond motifs is 1. The number of H-pyrrole nitrogens is 1. The minimum absolute atomic E-state index is 0.137. The highest BCUT2D eigenvalue weighted by Crippen LogP contribution is 2.37. The number of halogens is 1. The summed E-state index contributed by atoms with van der Waals surface area (Å²) in [4.78, 5) is 23.6. The van der Waals surface area contributed by atoms with Gasteiger partial charge in [0.05, 0.1) is 18.4 Å². The molecule has 1 aliphatic carbocycles. The monoisotopic (exact) mass is 541 g/mol. The maximum atomic E-state index is 15.9. The zero-order valence-electron chi connectivity index (χ0n) is 23.1. The zero-order valence-corrected chi connectivity index (χ0v) is 23.1. The van der Waals surface area contributed by atoms with Crippen LogP contribution in [0.1, 0.15) is 48.9 Å². The molecule has 0 spiro atoms. The summed E-state index contributed by atoms with van der Waals surface area (Å²) in [6.45, 7) is 1.27. The van der Waals surface area contributed by atoms with Crippen LogP contribution in [0.3, 0.4) is 0 Å². The first-order chi connectivity index (χ1) is 19.6. The van der Waals surface area contributed by atoms with Gasteiger partial charge in [-0.25, -0.2) is 9.37 Å². The van der Waals surface area contributed by atoms with Crippen molar-refractivity contribution in [1.82, 2.24) is 20.2 Å². The highest BCUT2D eigenvalue weighted by Gasteiger charge is 2.30. The van der Waals surface area contributed by atoms with E-state index in [1.165, 1.54) is 12.5 Å². The number of para-hydroxylation sites is 1. The van der Waals surface area contributed by atoms with Gasteiger partial charge in [0, 0.05) is 59.6 Å². The number of hydrogen-bond donors (Lipinski definition) is 3. The first-order valence-corrected chi connectivity index (χ1v) is 14.2. The standard InChI is InChI=1S/C32H36FN5O2/c1-34-23-12-13-38(19-23)32(39)26-14-20(16-28(33)30(26)37-22-8-4-3-5-9-22)21-15-25-27(18-36-31(25)35-17-21)24-10-6-7-11-29(24)40-2/h6-7,10-11,14-18,22-23,34,37H,3-5,8-9,12-13,19H2,1-2H3,(H,35,36). The number of anilines is 1. The molecular formula is C32H36FN5O2. The number of rotatable bonds is 7. The second-order valence-corrected chi connectivity index (χ2v) is 10.9. The molecule has 8 heteroatoms. The molecule has 208 valence electrons. The summed E-state index contributed by atoms with van der Waals surface area (Å²) in [6, 6.07) is 13.6. The largest absolute Gasteiger partial charge is 0.496 e. The summed E-state index contributed by atoms with van der Waals surface area (Å²) >= 11 is 0. The molecule has 7 nitrogen and oxygen atoms in total. The van der Waals surface area contributed by atoms with E-state index < -0.39 is 5.82 Å². The van der Waals surface area contributed by atoms with Crippen molar-refractivity contribution < 1.29 is 13.9 Å². The second-order valence-electron chi connectivity index (χ2n) is 10.9. The summed E-state index contributed by atoms with van der Waals surface area (Å²) < 4.78 is 21.5. The summed E-state index contributed by atoms with van der Waals surface area (Å²) in [6.07, 6.45) is 9.94. The molecule has 2 aliphatic rings. The molecule has 3 heterocycles. The number of methoxy groups -OCH3 is 1. The molecule has 0 radical (unpaired) electrons. The smallest absolute Gasteiger partial charge is 0.256 e. The summed E-state index contributed by atoms with van der Waals surface area (Å²) in [7, 11) is 3.57. The Morgan fingerprint density at radius 1 is 1.05 bits per heavy atom. The number of nitrogens with zero attached hydrogens (tertiary/aromatic N) is 2. The predicted octanol–water partition coefficient (Wildman–Crippen LogP) is 6.22. The molecule has 0 bridgehead atoms. The van der Waals surface area contributed by atoms with Crippen molar-refractivity contribution in [2.75, 3.05) is 32.6 Å². The molecule has 6 rings (SSSR count). The van der Waals surface area contributed by atoms with Crippen molar-refractivity contribution in [2.24, 2.45) is 0 Å². The van der Waals surface area contributed by atoms with Crippen molar-refractivity contribution in [3.8, 4) is 28.0 Å². The van der Waals surface area contributed by atoms with Gasteiger partial charge in [0.2, 0.25) is 0 Å². The van der Waals surface area contributed by atoms with E-state index in [2.05, 4.69) is 20.6 Å². The average molecular weight is 542 g/mol. The molecule has 1 saturated heterocycles. The van der Waals surface area contributed by atoms with Crippen LogP contribution in [-0.2, 0) is 0 Å². The Labute approximate surface area is 234 Å². The fourth-order valence-electron chi connectivity index (χ4n) is 6.14. The molecule has 2 fully saturated rings. The molecule has 1 saturated carbocycles. The van der Waals surface area contributed by atoms with Crippen LogP contribution in [0.5, 0.6) is 5.75 Å². The first kappa shape index (κ1) is 26.3. The Morgan fingerprint density at radius 2 is 1.88 bits per heavy atom. The normalized spacial score (nSPS) is 17.9. The molecule has 2 aromatic heterocycles. The van der Waals surface area contributed by atoms with E-state index in [1.54, 1.807) is 13.3 Å². The molecule has 1 unspecified atom stereocenters. The van der Waals surface area contributed by atoms with Crippen molar-refractivity contribution >= 4 is 22.6 Å². The van der Waals surface area contributed by atoms with E-state index in [0.717, 1.165) is 65.6 Å². The number of amides is 1. The number of carbonyl (C=O) groups excluding carboxylic acids is 1. The minimum Gasteiger partial charge on any atom is -0.496 e. The Hall–Kier alpha value is -3.91. The van der Waals surface area contributed by atoms with Gasteiger partial charge in [-0.1, -0.05) is 37.5 Å². The molecule has 40 heavy (non-hydrogen) atoms. The lowest BCUT2D eigenvalue weighted by Gasteiger charge is -2.27. The number of likely N-dealkylation sites (N-methyl/N-ethyl adjacent to an activating group) is 1. The first-order valence-electron chi connectivity index (χ1n) is 14.2. The van der Waals surface area contributed by atoms with Gasteiger partial charge in [-0.05, 0) is 56.1 Å². The number of benzene rings is 2. The van der Waals surface area contributed by atoms with Gasteiger partial charge in [-0.2, -0.15) is 0 Å². The summed E-state index contributed by atoms with van der Waals surface area (Å²) in [5.74, 6) is 0.216. The van der Waals surface area contributed by atoms with Crippen LogP contribution in [0.2, 0.25) is 0 Å². The molecule has 2 aromatic carbocycles. The Balaban J connectivity index is 1.42. The van der Waals surface area contributed by atoms with Crippen molar-refractivity contribution in [3.05, 3.63) is 66.2 Å². The Kier molecular flexibility index (Phi) is 7.43. The highest BCUT2D eigenvalue weighted by molar-refractivity contribution is 6.02. The number of aromatic amines is 1. The Bertz CT molecular complexity index is 1530. The highest BCUT2D eigenvalue weighted by atomic mass is 19.1. The van der Waals surface area contributed by atoms with Crippen molar-refractivity contribution in [1.29, 1.82) is 0 Å². The third-order valence-corrected chi connectivity index (χ3v) is 8.42. The topological polar surface area (TPSA) is 82.3 Å². The van der Waals surface area contributed by atoms with Gasteiger partial charge in [-0.15, -0.1) is 0 Å². The SMILES string of the molecule is CNC1CCN(C(=O)c2cc(-c3cnc4[nH]cc(-c5ccccc5OC)c4c3)cc(F)c2NC2CCCCC2)C1. The number of ether oxygens (including phenoxy) is 1. The van der Waals surface area contributed by atoms with E-state index in [9.17, 15) is 4.79 Å². The number of aromatic nitrogens is 2. The van der Waals surface area contributed by atoms with Crippen LogP contribution in [0.4, 0.5) is 10.1 Å². The molecule has 3 N–H and O–H groups in total. The maximum absolute atomic E-state index is 15.9. The number of pyridine rings is 1. The van der Waals surface area contributed by atoms with Gasteiger partial charge >= 0.3 is 0 Å². The quantitative estimate of drug-likeness (QED) is 0.259. The van der Waals surface area contributed by atoms with Gasteiger partial charge in [0.25, 0.3) is 5.91 Å². The average Bonchev–Trinajstić information content (AvgIpc) is 3.65. The summed E-state index contributed by atoms with van der Waals surface area (Å²) in [5, 5.41) is 7.59. The molecule has 1 atom stereocenters. The van der Waals surface area contributed by atoms with Crippen molar-refractivity contribution in [2.45, 2.75) is 50.6 Å². The fraction of sp³-hybridized carbons (Fsp3) is 0.375. The third-order valence-electron chi connectivity index (χ3n) is 8.42. The molecular weight excluding hydrogens is 505 g/mol. The van der Waals surface area contributed by atoms with Crippen LogP contribution in [0.25, 0.3) is 33.3 Å². The van der Waals surface area contributed by atoms with E-state index in [1.807, 2.05) is 54.5 Å². The number of hydrogen-bond acceptors (Lipinski definition) is 5. The van der Waals surface area contributed by atoms with Gasteiger partial charge in [-0.3, -0.25) is 4.79 Å². The van der Waals surface area contributed by atoms with E-state index in [4.69, 9.17) is 4.74 Å². The summed E-state index contributed by atoms with van der Waals surface area (Å²) in [5.41, 5.74) is 4.69. The van der Waals surface area contributed by atoms with E-state index >= 15 is 4.39 Å². The van der Waals surface area contributed by atoms with Gasteiger partial charge in [0.15, 0.2) is 0 Å². The van der Waals surface area contributed by atoms with Gasteiger partial charge < -0.3 is 25.3 Å². The maximum Gasteiger partial charge on any atom is 0.256 e. The minimum atomic E-state index is -0.407. The lowest BCUT2D eigenvalue weighted by atomic mass is 9.94. The molecule has 1 aliphatic heterocycles. The number of nitrogens with one attached hydrogen (secondary N) is 3. The van der Waals surface area contributed by atoms with Crippen LogP contribution < -0.4 is 15.4 Å². The van der Waals surface area contributed by atoms with Crippen molar-refractivity contribution in [3.63, 3.8) is 0 Å². The fourth-order valence-corrected chi connectivity index (χ4v) is 6.14. The van der Waals surface area contributed by atoms with Crippen LogP contribution in [0.15, 0.2) is 54.9 Å². The third kappa shape index (κ3) is 5.04.